The minimum atomic E-state index is -0.183. The molecule has 0 spiro atoms. The number of pyridine rings is 1. The molecule has 1 unspecified atom stereocenters. The second-order valence-electron chi connectivity index (χ2n) is 7.40. The maximum atomic E-state index is 13.3. The van der Waals surface area contributed by atoms with Gasteiger partial charge in [0, 0.05) is 12.7 Å². The zero-order valence-electron chi connectivity index (χ0n) is 17.6. The molecule has 0 bridgehead atoms. The van der Waals surface area contributed by atoms with E-state index in [-0.39, 0.29) is 11.9 Å². The monoisotopic (exact) mass is 403 g/mol. The van der Waals surface area contributed by atoms with Gasteiger partial charge >= 0.3 is 0 Å². The van der Waals surface area contributed by atoms with Crippen LogP contribution >= 0.6 is 0 Å². The fourth-order valence-electron chi connectivity index (χ4n) is 3.54. The van der Waals surface area contributed by atoms with Crippen molar-refractivity contribution in [1.82, 2.24) is 25.2 Å². The minimum absolute atomic E-state index is 0.0933. The number of aryl methyl sites for hydroxylation is 3. The van der Waals surface area contributed by atoms with E-state index in [1.165, 1.54) is 5.56 Å². The Bertz CT molecular complexity index is 1190. The van der Waals surface area contributed by atoms with Crippen molar-refractivity contribution in [2.45, 2.75) is 46.7 Å². The van der Waals surface area contributed by atoms with Gasteiger partial charge in [0.15, 0.2) is 0 Å². The topological polar surface area (TPSA) is 85.8 Å². The summed E-state index contributed by atoms with van der Waals surface area (Å²) in [6, 6.07) is 11.8. The summed E-state index contributed by atoms with van der Waals surface area (Å²) in [5.41, 5.74) is 5.00. The van der Waals surface area contributed by atoms with Gasteiger partial charge in [0.05, 0.1) is 28.4 Å². The Morgan fingerprint density at radius 1 is 1.13 bits per heavy atom. The van der Waals surface area contributed by atoms with Gasteiger partial charge in [-0.15, -0.1) is 0 Å². The first kappa shape index (κ1) is 19.8. The zero-order valence-corrected chi connectivity index (χ0v) is 17.6. The van der Waals surface area contributed by atoms with Crippen LogP contribution in [0.1, 0.15) is 53.5 Å². The lowest BCUT2D eigenvalue weighted by atomic mass is 10.0. The molecule has 30 heavy (non-hydrogen) atoms. The summed E-state index contributed by atoms with van der Waals surface area (Å²) in [6.07, 6.45) is 2.66. The number of carbonyl (C=O) groups excluding carboxylic acids is 1. The van der Waals surface area contributed by atoms with E-state index >= 15 is 0 Å². The SMILES string of the molecule is CCC(NC(=O)c1cc(-c2ccn(CC)n2)nc2onc(C)c12)c1ccc(C)cc1. The Morgan fingerprint density at radius 3 is 2.57 bits per heavy atom. The number of amides is 1. The number of aromatic nitrogens is 4. The molecule has 1 atom stereocenters. The zero-order chi connectivity index (χ0) is 21.3. The van der Waals surface area contributed by atoms with Crippen LogP contribution in [0, 0.1) is 13.8 Å². The summed E-state index contributed by atoms with van der Waals surface area (Å²) < 4.78 is 7.20. The third-order valence-electron chi connectivity index (χ3n) is 5.28. The van der Waals surface area contributed by atoms with Gasteiger partial charge in [-0.05, 0) is 44.9 Å². The molecular weight excluding hydrogens is 378 g/mol. The molecule has 4 aromatic rings. The second kappa shape index (κ2) is 8.10. The largest absolute Gasteiger partial charge is 0.345 e. The van der Waals surface area contributed by atoms with Crippen molar-refractivity contribution >= 4 is 17.0 Å². The molecule has 1 amide bonds. The third kappa shape index (κ3) is 3.70. The third-order valence-corrected chi connectivity index (χ3v) is 5.28. The lowest BCUT2D eigenvalue weighted by Gasteiger charge is -2.18. The molecule has 0 fully saturated rings. The Balaban J connectivity index is 1.73. The van der Waals surface area contributed by atoms with Crippen LogP contribution in [0.3, 0.4) is 0 Å². The van der Waals surface area contributed by atoms with E-state index in [9.17, 15) is 4.79 Å². The molecule has 7 heteroatoms. The molecule has 3 heterocycles. The average Bonchev–Trinajstić information content (AvgIpc) is 3.39. The number of rotatable bonds is 6. The predicted molar refractivity (Wildman–Crippen MR) is 115 cm³/mol. The Hall–Kier alpha value is -3.48. The first-order chi connectivity index (χ1) is 14.5. The van der Waals surface area contributed by atoms with Gasteiger partial charge in [-0.25, -0.2) is 4.98 Å². The minimum Gasteiger partial charge on any atom is -0.345 e. The number of fused-ring (bicyclic) bond motifs is 1. The molecule has 0 aliphatic heterocycles. The van der Waals surface area contributed by atoms with Crippen LogP contribution in [0.15, 0.2) is 47.1 Å². The highest BCUT2D eigenvalue weighted by atomic mass is 16.5. The van der Waals surface area contributed by atoms with Crippen molar-refractivity contribution in [1.29, 1.82) is 0 Å². The molecule has 3 aromatic heterocycles. The predicted octanol–water partition coefficient (Wildman–Crippen LogP) is 4.60. The van der Waals surface area contributed by atoms with Crippen molar-refractivity contribution < 1.29 is 9.32 Å². The lowest BCUT2D eigenvalue weighted by Crippen LogP contribution is -2.28. The smallest absolute Gasteiger partial charge is 0.259 e. The molecule has 1 aromatic carbocycles. The highest BCUT2D eigenvalue weighted by molar-refractivity contribution is 6.07. The van der Waals surface area contributed by atoms with Crippen molar-refractivity contribution in [3.8, 4) is 11.4 Å². The number of nitrogens with one attached hydrogen (secondary N) is 1. The quantitative estimate of drug-likeness (QED) is 0.508. The average molecular weight is 403 g/mol. The molecular formula is C23H25N5O2. The Kier molecular flexibility index (Phi) is 5.35. The molecule has 154 valence electrons. The first-order valence-electron chi connectivity index (χ1n) is 10.2. The van der Waals surface area contributed by atoms with Crippen LogP contribution in [0.2, 0.25) is 0 Å². The summed E-state index contributed by atoms with van der Waals surface area (Å²) in [7, 11) is 0. The van der Waals surface area contributed by atoms with E-state index < -0.39 is 0 Å². The van der Waals surface area contributed by atoms with Gasteiger partial charge in [0.25, 0.3) is 11.6 Å². The summed E-state index contributed by atoms with van der Waals surface area (Å²) in [5, 5.41) is 12.3. The molecule has 4 rings (SSSR count). The van der Waals surface area contributed by atoms with Crippen molar-refractivity contribution in [2.24, 2.45) is 0 Å². The van der Waals surface area contributed by atoms with E-state index in [1.54, 1.807) is 6.07 Å². The standard InChI is InChI=1S/C23H25N5O2/c1-5-18(16-9-7-14(3)8-10-16)24-22(29)17-13-20(19-11-12-28(6-2)26-19)25-23-21(17)15(4)27-30-23/h7-13,18H,5-6H2,1-4H3,(H,24,29). The number of benzene rings is 1. The summed E-state index contributed by atoms with van der Waals surface area (Å²) in [5.74, 6) is -0.183. The first-order valence-corrected chi connectivity index (χ1v) is 10.2. The molecule has 0 aliphatic carbocycles. The van der Waals surface area contributed by atoms with E-state index in [0.717, 1.165) is 18.5 Å². The van der Waals surface area contributed by atoms with Gasteiger partial charge in [-0.1, -0.05) is 41.9 Å². The molecule has 0 saturated heterocycles. The Morgan fingerprint density at radius 2 is 1.90 bits per heavy atom. The fourth-order valence-corrected chi connectivity index (χ4v) is 3.54. The fraction of sp³-hybridized carbons (Fsp3) is 0.304. The van der Waals surface area contributed by atoms with Crippen LogP contribution in [-0.2, 0) is 6.54 Å². The molecule has 0 aliphatic rings. The van der Waals surface area contributed by atoms with Gasteiger partial charge in [-0.2, -0.15) is 5.10 Å². The second-order valence-corrected chi connectivity index (χ2v) is 7.40. The van der Waals surface area contributed by atoms with Crippen LogP contribution in [0.5, 0.6) is 0 Å². The maximum Gasteiger partial charge on any atom is 0.259 e. The van der Waals surface area contributed by atoms with Crippen LogP contribution in [0.4, 0.5) is 0 Å². The number of hydrogen-bond donors (Lipinski definition) is 1. The number of hydrogen-bond acceptors (Lipinski definition) is 5. The number of carbonyl (C=O) groups is 1. The van der Waals surface area contributed by atoms with E-state index in [2.05, 4.69) is 51.7 Å². The van der Waals surface area contributed by atoms with Gasteiger partial charge in [-0.3, -0.25) is 9.48 Å². The van der Waals surface area contributed by atoms with Crippen LogP contribution < -0.4 is 5.32 Å². The van der Waals surface area contributed by atoms with Crippen LogP contribution in [-0.4, -0.2) is 25.8 Å². The highest BCUT2D eigenvalue weighted by Crippen LogP contribution is 2.27. The van der Waals surface area contributed by atoms with Gasteiger partial charge in [0.1, 0.15) is 5.69 Å². The highest BCUT2D eigenvalue weighted by Gasteiger charge is 2.22. The summed E-state index contributed by atoms with van der Waals surface area (Å²) in [6.45, 7) is 8.69. The molecule has 7 nitrogen and oxygen atoms in total. The Labute approximate surface area is 175 Å². The summed E-state index contributed by atoms with van der Waals surface area (Å²) >= 11 is 0. The van der Waals surface area contributed by atoms with Crippen molar-refractivity contribution in [2.75, 3.05) is 0 Å². The maximum absolute atomic E-state index is 13.3. The van der Waals surface area contributed by atoms with Crippen molar-refractivity contribution in [3.05, 3.63) is 65.0 Å². The summed E-state index contributed by atoms with van der Waals surface area (Å²) in [4.78, 5) is 17.9. The normalized spacial score (nSPS) is 12.3. The molecule has 0 radical (unpaired) electrons. The molecule has 0 saturated carbocycles. The number of nitrogens with zero attached hydrogens (tertiary/aromatic N) is 4. The lowest BCUT2D eigenvalue weighted by molar-refractivity contribution is 0.0937. The van der Waals surface area contributed by atoms with Crippen LogP contribution in [0.25, 0.3) is 22.5 Å². The van der Waals surface area contributed by atoms with Gasteiger partial charge in [0.2, 0.25) is 0 Å². The van der Waals surface area contributed by atoms with E-state index in [1.807, 2.05) is 37.7 Å². The van der Waals surface area contributed by atoms with E-state index in [4.69, 9.17) is 4.52 Å². The van der Waals surface area contributed by atoms with Gasteiger partial charge < -0.3 is 9.84 Å². The molecule has 1 N–H and O–H groups in total. The van der Waals surface area contributed by atoms with Crippen molar-refractivity contribution in [3.63, 3.8) is 0 Å². The van der Waals surface area contributed by atoms with E-state index in [0.29, 0.717) is 33.7 Å².